The Kier molecular flexibility index (Phi) is 17.0. The standard InChI is InChI=1S/2C40H36N2O/c1-5-13-33(14-6-1)34-24-21-31(22-25-34)28-43-29-32-23-26-39-38(27-32)41-30-42(39)40(35-15-7-2-8-16-35,36-17-9-3-10-18-36)37-19-11-4-12-20-37;1-5-13-33(14-6-1)34-24-21-31(22-25-34)28-43-29-32-23-26-38-39(27-32)42(30-41-38)40(35-15-7-2-8-16-35,36-17-9-3-10-18-36)37-19-11-4-12-20-37/h2*1-22,24-25,30,32H,23,26-29H2. The maximum Gasteiger partial charge on any atom is 0.121 e. The van der Waals surface area contributed by atoms with Gasteiger partial charge in [0.25, 0.3) is 0 Å². The van der Waals surface area contributed by atoms with E-state index in [1.54, 1.807) is 0 Å². The van der Waals surface area contributed by atoms with E-state index in [0.717, 1.165) is 51.7 Å². The second kappa shape index (κ2) is 26.2. The summed E-state index contributed by atoms with van der Waals surface area (Å²) in [6.45, 7) is 2.74. The van der Waals surface area contributed by atoms with E-state index in [4.69, 9.17) is 19.4 Å². The summed E-state index contributed by atoms with van der Waals surface area (Å²) in [5.74, 6) is 0.894. The Bertz CT molecular complexity index is 3830. The number of hydrogen-bond donors (Lipinski definition) is 0. The summed E-state index contributed by atoms with van der Waals surface area (Å²) in [7, 11) is 0. The molecule has 14 rings (SSSR count). The molecule has 0 bridgehead atoms. The number of imidazole rings is 2. The lowest BCUT2D eigenvalue weighted by molar-refractivity contribution is 0.0813. The Morgan fingerprint density at radius 3 is 0.988 bits per heavy atom. The summed E-state index contributed by atoms with van der Waals surface area (Å²) < 4.78 is 17.5. The zero-order valence-electron chi connectivity index (χ0n) is 48.7. The fourth-order valence-corrected chi connectivity index (χ4v) is 13.4. The lowest BCUT2D eigenvalue weighted by Crippen LogP contribution is -2.39. The number of ether oxygens (including phenoxy) is 2. The molecule has 2 aliphatic rings. The van der Waals surface area contributed by atoms with E-state index in [0.29, 0.717) is 25.0 Å². The first-order valence-electron chi connectivity index (χ1n) is 30.5. The smallest absolute Gasteiger partial charge is 0.121 e. The zero-order valence-corrected chi connectivity index (χ0v) is 48.7. The van der Waals surface area contributed by atoms with Crippen LogP contribution in [0.1, 0.15) is 80.1 Å². The molecule has 6 heteroatoms. The van der Waals surface area contributed by atoms with E-state index in [1.165, 1.54) is 89.5 Å². The first-order valence-corrected chi connectivity index (χ1v) is 30.5. The van der Waals surface area contributed by atoms with Crippen molar-refractivity contribution in [1.29, 1.82) is 0 Å². The molecule has 0 spiro atoms. The topological polar surface area (TPSA) is 54.1 Å². The SMILES string of the molecule is c1ccc(-c2ccc(COCC3CCc4c(ncn4C(c4ccccc4)(c4ccccc4)c4ccccc4)C3)cc2)cc1.c1ccc(-c2ccc(COCC3CCc4ncn(C(c5ccccc5)(c5ccccc5)c5ccccc5)c4C3)cc2)cc1. The van der Waals surface area contributed by atoms with Crippen LogP contribution in [-0.4, -0.2) is 32.3 Å². The maximum absolute atomic E-state index is 6.35. The normalized spacial score (nSPS) is 14.7. The molecule has 0 radical (unpaired) electrons. The van der Waals surface area contributed by atoms with Crippen molar-refractivity contribution >= 4 is 0 Å². The highest BCUT2D eigenvalue weighted by Crippen LogP contribution is 2.45. The first kappa shape index (κ1) is 55.7. The van der Waals surface area contributed by atoms with Gasteiger partial charge < -0.3 is 18.6 Å². The molecule has 0 aliphatic heterocycles. The Morgan fingerprint density at radius 1 is 0.314 bits per heavy atom. The number of hydrogen-bond acceptors (Lipinski definition) is 4. The quantitative estimate of drug-likeness (QED) is 0.0804. The van der Waals surface area contributed by atoms with Crippen LogP contribution in [0.3, 0.4) is 0 Å². The third kappa shape index (κ3) is 11.6. The molecule has 0 amide bonds. The second-order valence-electron chi connectivity index (χ2n) is 23.0. The van der Waals surface area contributed by atoms with Crippen LogP contribution in [0.25, 0.3) is 22.3 Å². The summed E-state index contributed by atoms with van der Waals surface area (Å²) in [5.41, 5.74) is 18.7. The first-order chi connectivity index (χ1) is 42.6. The summed E-state index contributed by atoms with van der Waals surface area (Å²) >= 11 is 0. The molecular weight excluding hydrogens is 1050 g/mol. The van der Waals surface area contributed by atoms with Gasteiger partial charge >= 0.3 is 0 Å². The van der Waals surface area contributed by atoms with Crippen LogP contribution in [0.5, 0.6) is 0 Å². The summed E-state index contributed by atoms with van der Waals surface area (Å²) in [6, 6.07) is 104. The van der Waals surface area contributed by atoms with E-state index in [1.807, 2.05) is 0 Å². The summed E-state index contributed by atoms with van der Waals surface area (Å²) in [6.07, 6.45) is 10.1. The van der Waals surface area contributed by atoms with E-state index in [-0.39, 0.29) is 0 Å². The zero-order chi connectivity index (χ0) is 57.8. The van der Waals surface area contributed by atoms with Crippen molar-refractivity contribution in [3.63, 3.8) is 0 Å². The van der Waals surface area contributed by atoms with Crippen molar-refractivity contribution in [3.8, 4) is 22.3 Å². The van der Waals surface area contributed by atoms with Gasteiger partial charge in [0.1, 0.15) is 11.1 Å². The van der Waals surface area contributed by atoms with Gasteiger partial charge in [-0.15, -0.1) is 0 Å². The molecule has 0 N–H and O–H groups in total. The number of aryl methyl sites for hydroxylation is 1. The van der Waals surface area contributed by atoms with Crippen LogP contribution in [0, 0.1) is 11.8 Å². The van der Waals surface area contributed by atoms with Crippen LogP contribution in [0.2, 0.25) is 0 Å². The Hall–Kier alpha value is -9.46. The fraction of sp³-hybridized carbons (Fsp3) is 0.175. The Morgan fingerprint density at radius 2 is 0.616 bits per heavy atom. The van der Waals surface area contributed by atoms with Gasteiger partial charge in [-0.25, -0.2) is 9.97 Å². The minimum atomic E-state index is -0.534. The largest absolute Gasteiger partial charge is 0.376 e. The molecule has 424 valence electrons. The van der Waals surface area contributed by atoms with Gasteiger partial charge in [0.2, 0.25) is 0 Å². The average molecular weight is 1120 g/mol. The molecule has 2 heterocycles. The van der Waals surface area contributed by atoms with Gasteiger partial charge in [0, 0.05) is 11.4 Å². The Labute approximate surface area is 507 Å². The molecule has 10 aromatic carbocycles. The summed E-state index contributed by atoms with van der Waals surface area (Å²) in [5, 5.41) is 0. The number of nitrogens with zero attached hydrogens (tertiary/aromatic N) is 4. The van der Waals surface area contributed by atoms with Gasteiger partial charge in [-0.3, -0.25) is 0 Å². The maximum atomic E-state index is 6.35. The molecule has 0 fully saturated rings. The summed E-state index contributed by atoms with van der Waals surface area (Å²) in [4.78, 5) is 10.1. The van der Waals surface area contributed by atoms with Gasteiger partial charge in [-0.2, -0.15) is 0 Å². The lowest BCUT2D eigenvalue weighted by Gasteiger charge is -2.39. The van der Waals surface area contributed by atoms with E-state index >= 15 is 0 Å². The van der Waals surface area contributed by atoms with E-state index < -0.39 is 11.1 Å². The average Bonchev–Trinajstić information content (AvgIpc) is 1.88. The van der Waals surface area contributed by atoms with Gasteiger partial charge in [-0.1, -0.05) is 291 Å². The highest BCUT2D eigenvalue weighted by atomic mass is 16.5. The van der Waals surface area contributed by atoms with Crippen molar-refractivity contribution in [2.24, 2.45) is 11.8 Å². The third-order valence-corrected chi connectivity index (χ3v) is 17.7. The molecule has 86 heavy (non-hydrogen) atoms. The van der Waals surface area contributed by atoms with E-state index in [9.17, 15) is 0 Å². The molecule has 2 aliphatic carbocycles. The minimum Gasteiger partial charge on any atom is -0.376 e. The van der Waals surface area contributed by atoms with Crippen molar-refractivity contribution in [2.45, 2.75) is 62.8 Å². The monoisotopic (exact) mass is 1120 g/mol. The third-order valence-electron chi connectivity index (χ3n) is 17.7. The fourth-order valence-electron chi connectivity index (χ4n) is 13.4. The lowest BCUT2D eigenvalue weighted by atomic mass is 9.76. The predicted molar refractivity (Wildman–Crippen MR) is 348 cm³/mol. The number of aromatic nitrogens is 4. The number of benzene rings is 10. The van der Waals surface area contributed by atoms with Gasteiger partial charge in [0.05, 0.1) is 50.5 Å². The van der Waals surface area contributed by atoms with Crippen molar-refractivity contribution in [2.75, 3.05) is 13.2 Å². The number of fused-ring (bicyclic) bond motifs is 2. The minimum absolute atomic E-state index is 0.437. The van der Waals surface area contributed by atoms with Crippen molar-refractivity contribution in [1.82, 2.24) is 19.1 Å². The van der Waals surface area contributed by atoms with Gasteiger partial charge in [0.15, 0.2) is 0 Å². The molecule has 0 saturated heterocycles. The highest BCUT2D eigenvalue weighted by molar-refractivity contribution is 5.64. The van der Waals surface area contributed by atoms with Crippen molar-refractivity contribution in [3.05, 3.63) is 371 Å². The molecule has 2 aromatic heterocycles. The van der Waals surface area contributed by atoms with Crippen molar-refractivity contribution < 1.29 is 9.47 Å². The van der Waals surface area contributed by atoms with Crippen LogP contribution < -0.4 is 0 Å². The van der Waals surface area contributed by atoms with Crippen LogP contribution >= 0.6 is 0 Å². The molecular formula is C80H72N4O2. The van der Waals surface area contributed by atoms with Crippen LogP contribution in [0.4, 0.5) is 0 Å². The van der Waals surface area contributed by atoms with E-state index in [2.05, 4.69) is 313 Å². The molecule has 0 saturated carbocycles. The molecule has 2 atom stereocenters. The molecule has 6 nitrogen and oxygen atoms in total. The molecule has 2 unspecified atom stereocenters. The van der Waals surface area contributed by atoms with Crippen LogP contribution in [0.15, 0.2) is 304 Å². The Balaban J connectivity index is 0.000000160. The highest BCUT2D eigenvalue weighted by Gasteiger charge is 2.43. The second-order valence-corrected chi connectivity index (χ2v) is 23.0. The number of rotatable bonds is 18. The van der Waals surface area contributed by atoms with Gasteiger partial charge in [-0.05, 0) is 117 Å². The predicted octanol–water partition coefficient (Wildman–Crippen LogP) is 17.4. The van der Waals surface area contributed by atoms with Crippen LogP contribution in [-0.2, 0) is 59.4 Å². The molecule has 12 aromatic rings.